The molecule has 0 aliphatic carbocycles. The van der Waals surface area contributed by atoms with Crippen molar-refractivity contribution in [2.24, 2.45) is 10.4 Å². The maximum absolute atomic E-state index is 5.57. The lowest BCUT2D eigenvalue weighted by molar-refractivity contribution is 0.0205. The fourth-order valence-corrected chi connectivity index (χ4v) is 2.56. The van der Waals surface area contributed by atoms with Gasteiger partial charge in [0, 0.05) is 38.9 Å². The van der Waals surface area contributed by atoms with Gasteiger partial charge in [0.25, 0.3) is 0 Å². The largest absolute Gasteiger partial charge is 0.496 e. The molecule has 1 rings (SSSR count). The summed E-state index contributed by atoms with van der Waals surface area (Å²) in [5, 5.41) is 6.59. The third-order valence-electron chi connectivity index (χ3n) is 4.16. The van der Waals surface area contributed by atoms with Crippen LogP contribution in [0, 0.1) is 5.41 Å². The number of nitrogens with one attached hydrogen (secondary N) is 2. The Morgan fingerprint density at radius 3 is 1.96 bits per heavy atom. The van der Waals surface area contributed by atoms with Gasteiger partial charge in [-0.25, -0.2) is 0 Å². The first-order chi connectivity index (χ1) is 12.3. The molecule has 2 N–H and O–H groups in total. The Bertz CT molecular complexity index is 603. The van der Waals surface area contributed by atoms with Gasteiger partial charge in [0.15, 0.2) is 17.5 Å². The molecule has 0 saturated heterocycles. The van der Waals surface area contributed by atoms with E-state index in [1.807, 2.05) is 12.1 Å². The van der Waals surface area contributed by atoms with Crippen molar-refractivity contribution in [2.75, 3.05) is 42.0 Å². The van der Waals surface area contributed by atoms with E-state index in [9.17, 15) is 0 Å². The molecule has 1 atom stereocenters. The fourth-order valence-electron chi connectivity index (χ4n) is 2.56. The molecule has 156 valence electrons. The topological polar surface area (TPSA) is 73.3 Å². The summed E-state index contributed by atoms with van der Waals surface area (Å²) in [7, 11) is 8.30. The highest BCUT2D eigenvalue weighted by atomic mass is 127. The van der Waals surface area contributed by atoms with Gasteiger partial charge in [-0.2, -0.15) is 0 Å². The van der Waals surface area contributed by atoms with Crippen LogP contribution in [0.25, 0.3) is 0 Å². The monoisotopic (exact) mass is 495 g/mol. The van der Waals surface area contributed by atoms with Crippen LogP contribution in [0.2, 0.25) is 0 Å². The second-order valence-corrected chi connectivity index (χ2v) is 6.92. The highest BCUT2D eigenvalue weighted by Gasteiger charge is 2.24. The van der Waals surface area contributed by atoms with Crippen molar-refractivity contribution >= 4 is 29.9 Å². The highest BCUT2D eigenvalue weighted by molar-refractivity contribution is 14.0. The molecule has 0 spiro atoms. The lowest BCUT2D eigenvalue weighted by Gasteiger charge is -2.30. The minimum atomic E-state index is 0. The number of ether oxygens (including phenoxy) is 4. The number of aliphatic imine (C=N–C) groups is 1. The Morgan fingerprint density at radius 2 is 1.52 bits per heavy atom. The van der Waals surface area contributed by atoms with Crippen LogP contribution in [-0.4, -0.2) is 54.1 Å². The Hall–Kier alpha value is -1.42. The Balaban J connectivity index is 0.00000676. The molecule has 0 heterocycles. The average molecular weight is 495 g/mol. The van der Waals surface area contributed by atoms with Gasteiger partial charge in [-0.1, -0.05) is 20.8 Å². The average Bonchev–Trinajstić information content (AvgIpc) is 2.62. The summed E-state index contributed by atoms with van der Waals surface area (Å²) < 4.78 is 21.7. The van der Waals surface area contributed by atoms with Crippen molar-refractivity contribution in [3.05, 3.63) is 17.7 Å². The normalized spacial score (nSPS) is 12.7. The van der Waals surface area contributed by atoms with E-state index < -0.39 is 0 Å². The van der Waals surface area contributed by atoms with Crippen molar-refractivity contribution in [3.63, 3.8) is 0 Å². The van der Waals surface area contributed by atoms with Crippen LogP contribution in [0.15, 0.2) is 17.1 Å². The molecule has 0 aliphatic rings. The predicted octanol–water partition coefficient (Wildman–Crippen LogP) is 3.06. The van der Waals surface area contributed by atoms with Gasteiger partial charge in [-0.15, -0.1) is 24.0 Å². The Kier molecular flexibility index (Phi) is 11.5. The first-order valence-electron chi connectivity index (χ1n) is 8.56. The van der Waals surface area contributed by atoms with Crippen molar-refractivity contribution in [1.29, 1.82) is 0 Å². The molecule has 7 nitrogen and oxygen atoms in total. The molecule has 8 heteroatoms. The smallest absolute Gasteiger partial charge is 0.191 e. The molecular weight excluding hydrogens is 461 g/mol. The van der Waals surface area contributed by atoms with Crippen LogP contribution in [-0.2, 0) is 11.3 Å². The Morgan fingerprint density at radius 1 is 0.963 bits per heavy atom. The summed E-state index contributed by atoms with van der Waals surface area (Å²) in [4.78, 5) is 4.27. The van der Waals surface area contributed by atoms with Crippen LogP contribution < -0.4 is 24.8 Å². The fraction of sp³-hybridized carbons (Fsp3) is 0.632. The minimum Gasteiger partial charge on any atom is -0.496 e. The summed E-state index contributed by atoms with van der Waals surface area (Å²) in [6, 6.07) is 3.71. The van der Waals surface area contributed by atoms with Crippen molar-refractivity contribution in [2.45, 2.75) is 33.4 Å². The highest BCUT2D eigenvalue weighted by Crippen LogP contribution is 2.34. The summed E-state index contributed by atoms with van der Waals surface area (Å²) in [5.41, 5.74) is 0.972. The molecule has 1 aromatic carbocycles. The zero-order chi connectivity index (χ0) is 19.7. The van der Waals surface area contributed by atoms with Gasteiger partial charge < -0.3 is 29.6 Å². The van der Waals surface area contributed by atoms with E-state index in [1.54, 1.807) is 35.5 Å². The second-order valence-electron chi connectivity index (χ2n) is 6.92. The number of benzene rings is 1. The molecule has 0 saturated carbocycles. The zero-order valence-corrected chi connectivity index (χ0v) is 20.0. The second kappa shape index (κ2) is 12.1. The van der Waals surface area contributed by atoms with Crippen molar-refractivity contribution in [1.82, 2.24) is 10.6 Å². The summed E-state index contributed by atoms with van der Waals surface area (Å²) in [6.07, 6.45) is 0.0664. The molecule has 1 aromatic rings. The van der Waals surface area contributed by atoms with Crippen LogP contribution in [0.4, 0.5) is 0 Å². The molecular formula is C19H34IN3O4. The molecule has 0 radical (unpaired) electrons. The number of halogens is 1. The molecule has 1 unspecified atom stereocenters. The number of nitrogens with zero attached hydrogens (tertiary/aromatic N) is 1. The summed E-state index contributed by atoms with van der Waals surface area (Å²) in [6.45, 7) is 7.62. The third kappa shape index (κ3) is 7.61. The SMILES string of the molecule is CN=C(NCc1cc(OC)c(OC)cc1OC)NCC(OC)C(C)(C)C.I. The predicted molar refractivity (Wildman–Crippen MR) is 120 cm³/mol. The van der Waals surface area contributed by atoms with Gasteiger partial charge in [0.2, 0.25) is 0 Å². The van der Waals surface area contributed by atoms with Crippen molar-refractivity contribution < 1.29 is 18.9 Å². The summed E-state index contributed by atoms with van der Waals surface area (Å²) in [5.74, 6) is 2.69. The van der Waals surface area contributed by atoms with Crippen LogP contribution in [0.5, 0.6) is 17.2 Å². The lowest BCUT2D eigenvalue weighted by atomic mass is 9.89. The standard InChI is InChI=1S/C19H33N3O4.HI/c1-19(2,3)17(26-8)12-22-18(20-4)21-11-13-9-15(24-6)16(25-7)10-14(13)23-5;/h9-10,17H,11-12H2,1-8H3,(H2,20,21,22);1H. The van der Waals surface area contributed by atoms with Crippen molar-refractivity contribution in [3.8, 4) is 17.2 Å². The van der Waals surface area contributed by atoms with E-state index in [2.05, 4.69) is 36.4 Å². The van der Waals surface area contributed by atoms with Gasteiger partial charge >= 0.3 is 0 Å². The summed E-state index contributed by atoms with van der Waals surface area (Å²) >= 11 is 0. The molecule has 0 aliphatic heterocycles. The van der Waals surface area contributed by atoms with Crippen LogP contribution in [0.3, 0.4) is 0 Å². The van der Waals surface area contributed by atoms with E-state index in [1.165, 1.54) is 0 Å². The maximum atomic E-state index is 5.57. The van der Waals surface area contributed by atoms with Gasteiger partial charge in [0.1, 0.15) is 5.75 Å². The third-order valence-corrected chi connectivity index (χ3v) is 4.16. The molecule has 0 bridgehead atoms. The van der Waals surface area contributed by atoms with E-state index in [4.69, 9.17) is 18.9 Å². The number of rotatable bonds is 8. The number of hydrogen-bond acceptors (Lipinski definition) is 5. The number of hydrogen-bond donors (Lipinski definition) is 2. The van der Waals surface area contributed by atoms with Crippen LogP contribution >= 0.6 is 24.0 Å². The van der Waals surface area contributed by atoms with Gasteiger partial charge in [0.05, 0.1) is 27.4 Å². The van der Waals surface area contributed by atoms with E-state index in [0.29, 0.717) is 30.5 Å². The van der Waals surface area contributed by atoms with Gasteiger partial charge in [-0.3, -0.25) is 4.99 Å². The number of methoxy groups -OCH3 is 4. The minimum absolute atomic E-state index is 0. The van der Waals surface area contributed by atoms with E-state index in [-0.39, 0.29) is 35.5 Å². The number of guanidine groups is 1. The lowest BCUT2D eigenvalue weighted by Crippen LogP contribution is -2.45. The maximum Gasteiger partial charge on any atom is 0.191 e. The molecule has 27 heavy (non-hydrogen) atoms. The molecule has 0 fully saturated rings. The quantitative estimate of drug-likeness (QED) is 0.328. The first-order valence-corrected chi connectivity index (χ1v) is 8.56. The van der Waals surface area contributed by atoms with Gasteiger partial charge in [-0.05, 0) is 11.5 Å². The van der Waals surface area contributed by atoms with E-state index in [0.717, 1.165) is 11.3 Å². The molecule has 0 aromatic heterocycles. The first kappa shape index (κ1) is 25.6. The van der Waals surface area contributed by atoms with E-state index >= 15 is 0 Å². The zero-order valence-electron chi connectivity index (χ0n) is 17.6. The Labute approximate surface area is 180 Å². The van der Waals surface area contributed by atoms with Crippen LogP contribution in [0.1, 0.15) is 26.3 Å². The molecule has 0 amide bonds.